The zero-order chi connectivity index (χ0) is 15.5. The van der Waals surface area contributed by atoms with Gasteiger partial charge in [0, 0.05) is 29.7 Å². The molecule has 1 amide bonds. The minimum absolute atomic E-state index is 0.107. The highest BCUT2D eigenvalue weighted by atomic mass is 16.1. The summed E-state index contributed by atoms with van der Waals surface area (Å²) in [5, 5.41) is 3.80. The smallest absolute Gasteiger partial charge is 0.244 e. The Kier molecular flexibility index (Phi) is 3.79. The van der Waals surface area contributed by atoms with E-state index in [9.17, 15) is 4.79 Å². The van der Waals surface area contributed by atoms with Gasteiger partial charge in [-0.15, -0.1) is 0 Å². The van der Waals surface area contributed by atoms with Crippen LogP contribution in [0.3, 0.4) is 0 Å². The van der Waals surface area contributed by atoms with E-state index in [1.54, 1.807) is 13.1 Å². The molecular formula is C19H18N2O. The number of hydrogen-bond donors (Lipinski definition) is 2. The fourth-order valence-corrected chi connectivity index (χ4v) is 2.60. The fourth-order valence-electron chi connectivity index (χ4n) is 2.60. The number of amides is 1. The number of carbonyl (C=O) groups is 1. The number of hydrogen-bond acceptors (Lipinski definition) is 1. The molecule has 2 N–H and O–H groups in total. The largest absolute Gasteiger partial charge is 0.359 e. The summed E-state index contributed by atoms with van der Waals surface area (Å²) in [5.74, 6) is -0.107. The molecule has 22 heavy (non-hydrogen) atoms. The summed E-state index contributed by atoms with van der Waals surface area (Å²) >= 11 is 0. The van der Waals surface area contributed by atoms with Crippen molar-refractivity contribution in [3.63, 3.8) is 0 Å². The molecule has 0 spiro atoms. The molecule has 3 heteroatoms. The quantitative estimate of drug-likeness (QED) is 0.710. The number of likely N-dealkylation sites (N-methyl/N-ethyl adjacent to an activating group) is 1. The molecule has 0 aliphatic heterocycles. The molecule has 3 aromatic rings. The Morgan fingerprint density at radius 3 is 2.55 bits per heavy atom. The molecule has 1 heterocycles. The van der Waals surface area contributed by atoms with E-state index in [0.717, 1.165) is 33.3 Å². The molecule has 0 radical (unpaired) electrons. The summed E-state index contributed by atoms with van der Waals surface area (Å²) in [5.41, 5.74) is 5.21. The average Bonchev–Trinajstić information content (AvgIpc) is 2.92. The van der Waals surface area contributed by atoms with Crippen molar-refractivity contribution in [2.45, 2.75) is 6.92 Å². The molecule has 3 rings (SSSR count). The average molecular weight is 290 g/mol. The van der Waals surface area contributed by atoms with Crippen molar-refractivity contribution in [1.82, 2.24) is 10.3 Å². The standard InChI is InChI=1S/C19H18N2O/c1-13-10-16-11-15(8-9-18(16)21-13)17(12-19(22)20-2)14-6-4-3-5-7-14/h3-12,21H,1-2H3,(H,20,22). The van der Waals surface area contributed by atoms with Crippen molar-refractivity contribution >= 4 is 22.4 Å². The predicted octanol–water partition coefficient (Wildman–Crippen LogP) is 3.65. The number of H-pyrrole nitrogens is 1. The van der Waals surface area contributed by atoms with Crippen LogP contribution in [0.4, 0.5) is 0 Å². The van der Waals surface area contributed by atoms with Crippen LogP contribution in [-0.4, -0.2) is 17.9 Å². The zero-order valence-electron chi connectivity index (χ0n) is 12.7. The molecule has 3 nitrogen and oxygen atoms in total. The summed E-state index contributed by atoms with van der Waals surface area (Å²) in [6.07, 6.45) is 1.65. The molecule has 110 valence electrons. The van der Waals surface area contributed by atoms with E-state index < -0.39 is 0 Å². The van der Waals surface area contributed by atoms with Gasteiger partial charge in [-0.2, -0.15) is 0 Å². The molecule has 0 aliphatic rings. The van der Waals surface area contributed by atoms with Crippen LogP contribution in [0.15, 0.2) is 60.7 Å². The highest BCUT2D eigenvalue weighted by Crippen LogP contribution is 2.26. The molecule has 0 saturated carbocycles. The number of aryl methyl sites for hydroxylation is 1. The Bertz CT molecular complexity index is 844. The van der Waals surface area contributed by atoms with E-state index in [0.29, 0.717) is 0 Å². The second-order valence-electron chi connectivity index (χ2n) is 5.29. The number of nitrogens with one attached hydrogen (secondary N) is 2. The van der Waals surface area contributed by atoms with Crippen molar-refractivity contribution in [3.8, 4) is 0 Å². The summed E-state index contributed by atoms with van der Waals surface area (Å²) in [6.45, 7) is 2.04. The molecule has 1 aromatic heterocycles. The SMILES string of the molecule is CNC(=O)C=C(c1ccccc1)c1ccc2[nH]c(C)cc2c1. The summed E-state index contributed by atoms with van der Waals surface area (Å²) in [6, 6.07) is 18.3. The van der Waals surface area contributed by atoms with Gasteiger partial charge in [-0.1, -0.05) is 36.4 Å². The van der Waals surface area contributed by atoms with Crippen molar-refractivity contribution in [2.75, 3.05) is 7.05 Å². The van der Waals surface area contributed by atoms with Crippen LogP contribution in [-0.2, 0) is 4.79 Å². The Morgan fingerprint density at radius 1 is 1.05 bits per heavy atom. The second kappa shape index (κ2) is 5.90. The number of aromatic amines is 1. The highest BCUT2D eigenvalue weighted by Gasteiger charge is 2.08. The first-order valence-electron chi connectivity index (χ1n) is 7.26. The first-order chi connectivity index (χ1) is 10.7. The lowest BCUT2D eigenvalue weighted by atomic mass is 9.96. The lowest BCUT2D eigenvalue weighted by Crippen LogP contribution is -2.15. The van der Waals surface area contributed by atoms with Gasteiger partial charge in [-0.05, 0) is 41.8 Å². The van der Waals surface area contributed by atoms with Crippen molar-refractivity contribution in [2.24, 2.45) is 0 Å². The van der Waals surface area contributed by atoms with Gasteiger partial charge in [0.1, 0.15) is 0 Å². The Labute approximate surface area is 129 Å². The Morgan fingerprint density at radius 2 is 1.82 bits per heavy atom. The minimum atomic E-state index is -0.107. The van der Waals surface area contributed by atoms with Gasteiger partial charge in [0.25, 0.3) is 0 Å². The molecule has 0 aliphatic carbocycles. The van der Waals surface area contributed by atoms with Gasteiger partial charge in [0.05, 0.1) is 0 Å². The van der Waals surface area contributed by atoms with E-state index >= 15 is 0 Å². The maximum Gasteiger partial charge on any atom is 0.244 e. The molecule has 2 aromatic carbocycles. The zero-order valence-corrected chi connectivity index (χ0v) is 12.7. The van der Waals surface area contributed by atoms with Crippen LogP contribution < -0.4 is 5.32 Å². The number of carbonyl (C=O) groups excluding carboxylic acids is 1. The predicted molar refractivity (Wildman–Crippen MR) is 90.6 cm³/mol. The van der Waals surface area contributed by atoms with Crippen LogP contribution in [0.5, 0.6) is 0 Å². The lowest BCUT2D eigenvalue weighted by Gasteiger charge is -2.09. The third kappa shape index (κ3) is 2.79. The summed E-state index contributed by atoms with van der Waals surface area (Å²) < 4.78 is 0. The van der Waals surface area contributed by atoms with Crippen LogP contribution in [0, 0.1) is 6.92 Å². The Hall–Kier alpha value is -2.81. The van der Waals surface area contributed by atoms with E-state index in [1.807, 2.05) is 43.3 Å². The first kappa shape index (κ1) is 14.1. The Balaban J connectivity index is 2.15. The van der Waals surface area contributed by atoms with E-state index in [-0.39, 0.29) is 5.91 Å². The minimum Gasteiger partial charge on any atom is -0.359 e. The monoisotopic (exact) mass is 290 g/mol. The highest BCUT2D eigenvalue weighted by molar-refractivity contribution is 6.00. The summed E-state index contributed by atoms with van der Waals surface area (Å²) in [7, 11) is 1.64. The van der Waals surface area contributed by atoms with Gasteiger partial charge in [0.15, 0.2) is 0 Å². The fraction of sp³-hybridized carbons (Fsp3) is 0.105. The van der Waals surface area contributed by atoms with Crippen molar-refractivity contribution in [3.05, 3.63) is 77.5 Å². The summed E-state index contributed by atoms with van der Waals surface area (Å²) in [4.78, 5) is 15.2. The van der Waals surface area contributed by atoms with Gasteiger partial charge in [-0.3, -0.25) is 4.79 Å². The second-order valence-corrected chi connectivity index (χ2v) is 5.29. The van der Waals surface area contributed by atoms with E-state index in [1.165, 1.54) is 0 Å². The maximum atomic E-state index is 11.8. The number of rotatable bonds is 3. The van der Waals surface area contributed by atoms with Crippen molar-refractivity contribution < 1.29 is 4.79 Å². The van der Waals surface area contributed by atoms with Gasteiger partial charge >= 0.3 is 0 Å². The van der Waals surface area contributed by atoms with E-state index in [2.05, 4.69) is 28.5 Å². The maximum absolute atomic E-state index is 11.8. The van der Waals surface area contributed by atoms with Gasteiger partial charge in [0.2, 0.25) is 5.91 Å². The third-order valence-corrected chi connectivity index (χ3v) is 3.67. The van der Waals surface area contributed by atoms with Crippen LogP contribution in [0.1, 0.15) is 16.8 Å². The molecule has 0 saturated heterocycles. The normalized spacial score (nSPS) is 11.6. The molecule has 0 atom stereocenters. The number of aromatic nitrogens is 1. The van der Waals surface area contributed by atoms with Gasteiger partial charge in [-0.25, -0.2) is 0 Å². The number of fused-ring (bicyclic) bond motifs is 1. The van der Waals surface area contributed by atoms with Crippen LogP contribution in [0.2, 0.25) is 0 Å². The van der Waals surface area contributed by atoms with Gasteiger partial charge < -0.3 is 10.3 Å². The molecule has 0 fully saturated rings. The van der Waals surface area contributed by atoms with E-state index in [4.69, 9.17) is 0 Å². The number of benzene rings is 2. The molecular weight excluding hydrogens is 272 g/mol. The third-order valence-electron chi connectivity index (χ3n) is 3.67. The first-order valence-corrected chi connectivity index (χ1v) is 7.26. The lowest BCUT2D eigenvalue weighted by molar-refractivity contribution is -0.116. The molecule has 0 bridgehead atoms. The molecule has 0 unspecified atom stereocenters. The van der Waals surface area contributed by atoms with Crippen LogP contribution >= 0.6 is 0 Å². The van der Waals surface area contributed by atoms with Crippen LogP contribution in [0.25, 0.3) is 16.5 Å². The topological polar surface area (TPSA) is 44.9 Å². The van der Waals surface area contributed by atoms with Crippen molar-refractivity contribution in [1.29, 1.82) is 0 Å².